The van der Waals surface area contributed by atoms with Crippen LogP contribution in [0.5, 0.6) is 0 Å². The van der Waals surface area contributed by atoms with Crippen molar-refractivity contribution in [3.05, 3.63) is 35.1 Å². The Kier molecular flexibility index (Phi) is 3.86. The van der Waals surface area contributed by atoms with Crippen LogP contribution < -0.4 is 29.6 Å². The predicted molar refractivity (Wildman–Crippen MR) is 84.0 cm³/mol. The van der Waals surface area contributed by atoms with Crippen LogP contribution in [-0.4, -0.2) is 47.1 Å². The second-order valence-corrected chi connectivity index (χ2v) is 6.34. The number of fused-ring (bicyclic) bond motifs is 4. The summed E-state index contributed by atoms with van der Waals surface area (Å²) in [7, 11) is 0. The number of carbonyl (C=O) groups excluding carboxylic acids is 1. The fourth-order valence-electron chi connectivity index (χ4n) is 3.80. The van der Waals surface area contributed by atoms with Crippen molar-refractivity contribution in [2.24, 2.45) is 0 Å². The van der Waals surface area contributed by atoms with Gasteiger partial charge >= 0.3 is 35.5 Å². The maximum absolute atomic E-state index is 12.2. The molecule has 9 heteroatoms. The van der Waals surface area contributed by atoms with Crippen LogP contribution >= 0.6 is 0 Å². The van der Waals surface area contributed by atoms with Crippen LogP contribution in [-0.2, 0) is 22.6 Å². The minimum absolute atomic E-state index is 0. The molecule has 1 N–H and O–H groups in total. The van der Waals surface area contributed by atoms with Gasteiger partial charge in [0.05, 0.1) is 17.9 Å². The molecule has 3 aliphatic rings. The van der Waals surface area contributed by atoms with E-state index in [1.54, 1.807) is 12.2 Å². The van der Waals surface area contributed by atoms with Crippen LogP contribution in [0.25, 0.3) is 11.9 Å². The maximum atomic E-state index is 12.2. The molecule has 8 nitrogen and oxygen atoms in total. The average molecular weight is 349 g/mol. The molecule has 25 heavy (non-hydrogen) atoms. The van der Waals surface area contributed by atoms with Gasteiger partial charge in [-0.3, -0.25) is 14.4 Å². The van der Waals surface area contributed by atoms with Crippen LogP contribution in [0.4, 0.5) is 0 Å². The molecule has 0 aliphatic carbocycles. The number of carboxylic acid groups (broad SMARTS) is 1. The van der Waals surface area contributed by atoms with Gasteiger partial charge < -0.3 is 6.53 Å². The first-order valence-corrected chi connectivity index (χ1v) is 8.07. The Labute approximate surface area is 166 Å². The van der Waals surface area contributed by atoms with Gasteiger partial charge in [-0.15, -0.1) is 0 Å². The minimum atomic E-state index is -1.06. The van der Waals surface area contributed by atoms with Gasteiger partial charge in [-0.25, -0.2) is 14.3 Å². The van der Waals surface area contributed by atoms with Crippen molar-refractivity contribution in [3.8, 4) is 0 Å². The second-order valence-electron chi connectivity index (χ2n) is 6.34. The molecular formula is C16H16N5NaO3. The summed E-state index contributed by atoms with van der Waals surface area (Å²) in [6.07, 6.45) is 9.05. The minimum Gasteiger partial charge on any atom is -1.00 e. The zero-order chi connectivity index (χ0) is 16.4. The first-order valence-electron chi connectivity index (χ1n) is 8.07. The van der Waals surface area contributed by atoms with E-state index in [-0.39, 0.29) is 48.6 Å². The normalized spacial score (nSPS) is 23.1. The molecule has 5 rings (SSSR count). The summed E-state index contributed by atoms with van der Waals surface area (Å²) in [6.45, 7) is 0.930. The molecule has 0 saturated carbocycles. The zero-order valence-electron chi connectivity index (χ0n) is 14.8. The number of imidazole rings is 1. The van der Waals surface area contributed by atoms with Crippen LogP contribution in [0.15, 0.2) is 23.5 Å². The van der Waals surface area contributed by atoms with Gasteiger partial charge in [0.15, 0.2) is 0 Å². The average Bonchev–Trinajstić information content (AvgIpc) is 3.22. The molecular weight excluding hydrogens is 333 g/mol. The van der Waals surface area contributed by atoms with Crippen LogP contribution in [0.3, 0.4) is 0 Å². The van der Waals surface area contributed by atoms with E-state index in [9.17, 15) is 9.59 Å². The Hall–Kier alpha value is -1.90. The summed E-state index contributed by atoms with van der Waals surface area (Å²) < 4.78 is 4.07. The van der Waals surface area contributed by atoms with E-state index in [1.807, 2.05) is 10.7 Å². The van der Waals surface area contributed by atoms with Crippen molar-refractivity contribution in [1.82, 2.24) is 24.1 Å². The number of amides is 1. The molecule has 1 fully saturated rings. The largest absolute Gasteiger partial charge is 1.00 e. The van der Waals surface area contributed by atoms with Crippen molar-refractivity contribution >= 4 is 23.7 Å². The molecule has 0 aromatic carbocycles. The summed E-state index contributed by atoms with van der Waals surface area (Å²) in [5.41, 5.74) is 1.38. The number of carbonyl (C=O) groups is 2. The van der Waals surface area contributed by atoms with Crippen molar-refractivity contribution in [1.29, 1.82) is 0 Å². The number of rotatable bonds is 2. The first-order chi connectivity index (χ1) is 11.6. The van der Waals surface area contributed by atoms with Gasteiger partial charge in [-0.2, -0.15) is 4.98 Å². The Bertz CT molecular complexity index is 976. The van der Waals surface area contributed by atoms with E-state index in [0.29, 0.717) is 23.5 Å². The van der Waals surface area contributed by atoms with Gasteiger partial charge in [-0.05, 0) is 25.3 Å². The van der Waals surface area contributed by atoms with E-state index in [1.165, 1.54) is 4.90 Å². The Morgan fingerprint density at radius 3 is 3.00 bits per heavy atom. The molecule has 3 aliphatic heterocycles. The van der Waals surface area contributed by atoms with Crippen molar-refractivity contribution < 1.29 is 45.7 Å². The van der Waals surface area contributed by atoms with E-state index in [2.05, 4.69) is 14.6 Å². The van der Waals surface area contributed by atoms with E-state index >= 15 is 0 Å². The number of aromatic nitrogens is 4. The van der Waals surface area contributed by atoms with Gasteiger partial charge in [-0.1, -0.05) is 6.08 Å². The molecule has 1 unspecified atom stereocenters. The fourth-order valence-corrected chi connectivity index (χ4v) is 3.80. The molecule has 2 aromatic heterocycles. The molecule has 0 spiro atoms. The molecule has 1 atom stereocenters. The number of aryl methyl sites for hydroxylation is 2. The molecule has 1 amide bonds. The molecule has 124 valence electrons. The van der Waals surface area contributed by atoms with E-state index in [0.717, 1.165) is 31.6 Å². The van der Waals surface area contributed by atoms with E-state index < -0.39 is 5.97 Å². The van der Waals surface area contributed by atoms with Crippen molar-refractivity contribution in [2.75, 3.05) is 0 Å². The number of aliphatic carboxylic acids is 1. The summed E-state index contributed by atoms with van der Waals surface area (Å²) in [4.78, 5) is 33.7. The Morgan fingerprint density at radius 2 is 2.20 bits per heavy atom. The summed E-state index contributed by atoms with van der Waals surface area (Å²) in [5, 5.41) is 9.10. The maximum Gasteiger partial charge on any atom is 1.00 e. The fraction of sp³-hybridized carbons (Fsp3) is 0.375. The second kappa shape index (κ2) is 5.82. The summed E-state index contributed by atoms with van der Waals surface area (Å²) >= 11 is 0. The quantitative estimate of drug-likeness (QED) is 0.383. The molecule has 1 saturated heterocycles. The van der Waals surface area contributed by atoms with Crippen LogP contribution in [0.1, 0.15) is 32.2 Å². The SMILES string of the molecule is O=C(O)C1=CCC2C(=Cc3cn4c(n3)nc3n4CCCC3)C(=O)N12.[H-].[Na+]. The van der Waals surface area contributed by atoms with Gasteiger partial charge in [0, 0.05) is 18.5 Å². The summed E-state index contributed by atoms with van der Waals surface area (Å²) in [5.74, 6) is 0.400. The third-order valence-electron chi connectivity index (χ3n) is 4.95. The molecule has 2 aromatic rings. The third-order valence-corrected chi connectivity index (χ3v) is 4.95. The topological polar surface area (TPSA) is 92.7 Å². The zero-order valence-corrected chi connectivity index (χ0v) is 15.8. The van der Waals surface area contributed by atoms with Gasteiger partial charge in [0.25, 0.3) is 11.7 Å². The van der Waals surface area contributed by atoms with E-state index in [4.69, 9.17) is 5.11 Å². The monoisotopic (exact) mass is 349 g/mol. The van der Waals surface area contributed by atoms with Gasteiger partial charge in [0.1, 0.15) is 11.5 Å². The number of nitrogens with zero attached hydrogens (tertiary/aromatic N) is 5. The predicted octanol–water partition coefficient (Wildman–Crippen LogP) is -2.05. The standard InChI is InChI=1S/C16H15N5O3.Na.H/c22-14-10(11-4-5-12(15(23)24)21(11)14)7-9-8-20-16(17-9)18-13-3-1-2-6-19(13)20;;/h5,7-8,11H,1-4,6H2,(H,23,24);;/q;+1;-1. The number of hydrogen-bond donors (Lipinski definition) is 1. The van der Waals surface area contributed by atoms with Gasteiger partial charge in [0.2, 0.25) is 0 Å². The van der Waals surface area contributed by atoms with Crippen LogP contribution in [0, 0.1) is 0 Å². The molecule has 0 bridgehead atoms. The number of β-lactam (4-membered cyclic amide) rings is 1. The Balaban J connectivity index is 0.000000980. The Morgan fingerprint density at radius 1 is 1.36 bits per heavy atom. The molecule has 5 heterocycles. The van der Waals surface area contributed by atoms with Crippen LogP contribution in [0.2, 0.25) is 0 Å². The van der Waals surface area contributed by atoms with Crippen molar-refractivity contribution in [3.63, 3.8) is 0 Å². The summed E-state index contributed by atoms with van der Waals surface area (Å²) in [6, 6.07) is -0.172. The van der Waals surface area contributed by atoms with Crippen molar-refractivity contribution in [2.45, 2.75) is 38.3 Å². The molecule has 0 radical (unpaired) electrons. The number of carboxylic acids is 1. The number of hydrogen-bond acceptors (Lipinski definition) is 4. The third kappa shape index (κ3) is 2.32. The smallest absolute Gasteiger partial charge is 1.00 e. The first kappa shape index (κ1) is 16.6.